The monoisotopic (exact) mass is 558 g/mol. The Morgan fingerprint density at radius 2 is 1.44 bits per heavy atom. The number of phenols is 1. The van der Waals surface area contributed by atoms with Crippen LogP contribution in [-0.2, 0) is 36.8 Å². The second-order valence-electron chi connectivity index (χ2n) is 8.75. The summed E-state index contributed by atoms with van der Waals surface area (Å²) in [4.78, 5) is 61.1. The van der Waals surface area contributed by atoms with Gasteiger partial charge in [-0.2, -0.15) is 12.6 Å². The maximum atomic E-state index is 12.8. The first-order valence-corrected chi connectivity index (χ1v) is 12.8. The van der Waals surface area contributed by atoms with E-state index in [9.17, 15) is 29.1 Å². The second-order valence-corrected chi connectivity index (χ2v) is 9.12. The van der Waals surface area contributed by atoms with Gasteiger partial charge in [-0.1, -0.05) is 42.5 Å². The first-order chi connectivity index (χ1) is 18.6. The molecule has 0 spiro atoms. The normalized spacial score (nSPS) is 12.9. The third-order valence-corrected chi connectivity index (χ3v) is 5.97. The van der Waals surface area contributed by atoms with Gasteiger partial charge in [-0.15, -0.1) is 0 Å². The van der Waals surface area contributed by atoms with Crippen LogP contribution < -0.4 is 32.7 Å². The maximum Gasteiger partial charge on any atom is 0.243 e. The molecule has 0 saturated heterocycles. The minimum atomic E-state index is -1.03. The first-order valence-electron chi connectivity index (χ1n) is 12.2. The number of primary amides is 1. The van der Waals surface area contributed by atoms with Crippen molar-refractivity contribution in [3.8, 4) is 5.75 Å². The Morgan fingerprint density at radius 1 is 0.795 bits per heavy atom. The molecule has 0 saturated carbocycles. The van der Waals surface area contributed by atoms with E-state index in [0.29, 0.717) is 0 Å². The van der Waals surface area contributed by atoms with Crippen molar-refractivity contribution in [2.24, 2.45) is 11.5 Å². The molecule has 0 aliphatic rings. The van der Waals surface area contributed by atoms with Gasteiger partial charge in [-0.25, -0.2) is 0 Å². The number of thiol groups is 1. The molecular weight excluding hydrogens is 524 g/mol. The van der Waals surface area contributed by atoms with Crippen molar-refractivity contribution in [1.29, 1.82) is 0 Å². The molecular formula is C26H34N6O6S. The summed E-state index contributed by atoms with van der Waals surface area (Å²) in [5, 5.41) is 19.4. The minimum Gasteiger partial charge on any atom is -0.508 e. The van der Waals surface area contributed by atoms with Crippen LogP contribution in [0.5, 0.6) is 5.75 Å². The molecule has 0 radical (unpaired) electrons. The number of amides is 5. The van der Waals surface area contributed by atoms with Crippen molar-refractivity contribution in [1.82, 2.24) is 21.3 Å². The van der Waals surface area contributed by atoms with Crippen molar-refractivity contribution in [2.75, 3.05) is 18.8 Å². The van der Waals surface area contributed by atoms with E-state index in [1.54, 1.807) is 36.4 Å². The van der Waals surface area contributed by atoms with Crippen molar-refractivity contribution in [3.05, 3.63) is 65.7 Å². The van der Waals surface area contributed by atoms with Gasteiger partial charge in [-0.05, 0) is 29.7 Å². The van der Waals surface area contributed by atoms with Crippen LogP contribution in [0.15, 0.2) is 54.6 Å². The summed E-state index contributed by atoms with van der Waals surface area (Å²) < 4.78 is 0. The summed E-state index contributed by atoms with van der Waals surface area (Å²) >= 11 is 4.01. The summed E-state index contributed by atoms with van der Waals surface area (Å²) in [6.45, 7) is -0.398. The molecule has 2 aromatic carbocycles. The van der Waals surface area contributed by atoms with E-state index in [4.69, 9.17) is 11.5 Å². The van der Waals surface area contributed by atoms with Gasteiger partial charge in [0.25, 0.3) is 0 Å². The lowest BCUT2D eigenvalue weighted by molar-refractivity contribution is -0.131. The van der Waals surface area contributed by atoms with E-state index < -0.39 is 54.2 Å². The molecule has 3 atom stereocenters. The van der Waals surface area contributed by atoms with Gasteiger partial charge in [0.15, 0.2) is 0 Å². The molecule has 0 aromatic heterocycles. The number of nitrogens with one attached hydrogen (secondary N) is 4. The van der Waals surface area contributed by atoms with Crippen LogP contribution in [0.1, 0.15) is 17.5 Å². The predicted molar refractivity (Wildman–Crippen MR) is 147 cm³/mol. The SMILES string of the molecule is NC(=O)[C@@H](CS)NC(=O)[C@H](Cc1ccccc1)NC(=O)CNC(=O)CCNC(=O)[C@@H](N)Cc1ccc(O)cc1. The third-order valence-electron chi connectivity index (χ3n) is 5.60. The molecule has 0 aliphatic heterocycles. The van der Waals surface area contributed by atoms with Crippen molar-refractivity contribution >= 4 is 42.2 Å². The van der Waals surface area contributed by atoms with Crippen LogP contribution in [0.25, 0.3) is 0 Å². The highest BCUT2D eigenvalue weighted by Gasteiger charge is 2.25. The average molecular weight is 559 g/mol. The number of carbonyl (C=O) groups is 5. The number of nitrogens with two attached hydrogens (primary N) is 2. The molecule has 39 heavy (non-hydrogen) atoms. The predicted octanol–water partition coefficient (Wildman–Crippen LogP) is -1.49. The van der Waals surface area contributed by atoms with Gasteiger partial charge in [0.1, 0.15) is 17.8 Å². The van der Waals surface area contributed by atoms with Gasteiger partial charge in [0.05, 0.1) is 12.6 Å². The van der Waals surface area contributed by atoms with Gasteiger partial charge in [0, 0.05) is 25.1 Å². The molecule has 0 aliphatic carbocycles. The quantitative estimate of drug-likeness (QED) is 0.121. The Kier molecular flexibility index (Phi) is 12.8. The molecule has 0 unspecified atom stereocenters. The first kappa shape index (κ1) is 31.1. The Balaban J connectivity index is 1.80. The number of phenolic OH excluding ortho intramolecular Hbond substituents is 1. The van der Waals surface area contributed by atoms with Gasteiger partial charge in [-0.3, -0.25) is 24.0 Å². The lowest BCUT2D eigenvalue weighted by Gasteiger charge is -2.21. The van der Waals surface area contributed by atoms with Crippen molar-refractivity contribution < 1.29 is 29.1 Å². The number of benzene rings is 2. The third kappa shape index (κ3) is 11.4. The van der Waals surface area contributed by atoms with E-state index in [-0.39, 0.29) is 37.3 Å². The molecule has 2 aromatic rings. The molecule has 12 nitrogen and oxygen atoms in total. The highest BCUT2D eigenvalue weighted by molar-refractivity contribution is 7.80. The van der Waals surface area contributed by atoms with Crippen LogP contribution in [0, 0.1) is 0 Å². The molecule has 210 valence electrons. The average Bonchev–Trinajstić information content (AvgIpc) is 2.91. The lowest BCUT2D eigenvalue weighted by atomic mass is 10.0. The van der Waals surface area contributed by atoms with Gasteiger partial charge >= 0.3 is 0 Å². The minimum absolute atomic E-state index is 0.00678. The zero-order valence-electron chi connectivity index (χ0n) is 21.3. The van der Waals surface area contributed by atoms with E-state index in [1.807, 2.05) is 6.07 Å². The fraction of sp³-hybridized carbons (Fsp3) is 0.346. The number of aromatic hydroxyl groups is 1. The Bertz CT molecular complexity index is 1130. The van der Waals surface area contributed by atoms with Gasteiger partial charge < -0.3 is 37.8 Å². The summed E-state index contributed by atoms with van der Waals surface area (Å²) in [7, 11) is 0. The molecule has 2 rings (SSSR count). The second kappa shape index (κ2) is 16.0. The molecule has 9 N–H and O–H groups in total. The van der Waals surface area contributed by atoms with Crippen LogP contribution in [-0.4, -0.2) is 71.6 Å². The Labute approximate surface area is 231 Å². The molecule has 0 fully saturated rings. The van der Waals surface area contributed by atoms with E-state index in [0.717, 1.165) is 11.1 Å². The summed E-state index contributed by atoms with van der Waals surface area (Å²) in [5.41, 5.74) is 12.7. The molecule has 13 heteroatoms. The number of hydrogen-bond acceptors (Lipinski definition) is 8. The van der Waals surface area contributed by atoms with E-state index in [2.05, 4.69) is 33.9 Å². The number of hydrogen-bond donors (Lipinski definition) is 8. The van der Waals surface area contributed by atoms with Crippen LogP contribution >= 0.6 is 12.6 Å². The highest BCUT2D eigenvalue weighted by atomic mass is 32.1. The zero-order valence-corrected chi connectivity index (χ0v) is 22.2. The van der Waals surface area contributed by atoms with E-state index in [1.165, 1.54) is 12.1 Å². The Morgan fingerprint density at radius 3 is 2.05 bits per heavy atom. The van der Waals surface area contributed by atoms with Gasteiger partial charge in [0.2, 0.25) is 29.5 Å². The fourth-order valence-electron chi connectivity index (χ4n) is 3.46. The zero-order chi connectivity index (χ0) is 28.8. The fourth-order valence-corrected chi connectivity index (χ4v) is 3.73. The van der Waals surface area contributed by atoms with Crippen LogP contribution in [0.3, 0.4) is 0 Å². The Hall–Kier alpha value is -4.10. The topological polar surface area (TPSA) is 206 Å². The summed E-state index contributed by atoms with van der Waals surface area (Å²) in [5.74, 6) is -2.85. The van der Waals surface area contributed by atoms with Crippen LogP contribution in [0.4, 0.5) is 0 Å². The highest BCUT2D eigenvalue weighted by Crippen LogP contribution is 2.11. The smallest absolute Gasteiger partial charge is 0.243 e. The lowest BCUT2D eigenvalue weighted by Crippen LogP contribution is -2.55. The number of rotatable bonds is 15. The van der Waals surface area contributed by atoms with Crippen molar-refractivity contribution in [3.63, 3.8) is 0 Å². The standard InChI is InChI=1S/C26H34N6O6S/c27-19(12-17-6-8-18(33)9-7-17)25(37)29-11-10-22(34)30-14-23(35)31-20(13-16-4-2-1-3-5-16)26(38)32-21(15-39)24(28)36/h1-9,19-21,33,39H,10-15,27H2,(H2,28,36)(H,29,37)(H,30,34)(H,31,35)(H,32,38)/t19-,20-,21+/m0/s1. The summed E-state index contributed by atoms with van der Waals surface area (Å²) in [6, 6.07) is 12.4. The van der Waals surface area contributed by atoms with Crippen LogP contribution in [0.2, 0.25) is 0 Å². The number of carbonyl (C=O) groups excluding carboxylic acids is 5. The largest absolute Gasteiger partial charge is 0.508 e. The maximum absolute atomic E-state index is 12.8. The van der Waals surface area contributed by atoms with E-state index >= 15 is 0 Å². The van der Waals surface area contributed by atoms with Crippen molar-refractivity contribution in [2.45, 2.75) is 37.4 Å². The summed E-state index contributed by atoms with van der Waals surface area (Å²) in [6.07, 6.45) is 0.298. The molecule has 0 heterocycles. The molecule has 5 amide bonds. The molecule has 0 bridgehead atoms.